The van der Waals surface area contributed by atoms with Crippen LogP contribution in [0.4, 0.5) is 5.69 Å². The molecule has 96 valence electrons. The van der Waals surface area contributed by atoms with Crippen LogP contribution in [0.5, 0.6) is 0 Å². The van der Waals surface area contributed by atoms with Gasteiger partial charge in [-0.05, 0) is 24.6 Å². The van der Waals surface area contributed by atoms with Gasteiger partial charge in [0.15, 0.2) is 0 Å². The highest BCUT2D eigenvalue weighted by molar-refractivity contribution is 8.00. The van der Waals surface area contributed by atoms with Crippen LogP contribution in [0.15, 0.2) is 23.1 Å². The molecule has 18 heavy (non-hydrogen) atoms. The number of rotatable bonds is 4. The molecule has 1 aliphatic heterocycles. The largest absolute Gasteiger partial charge is 0.478 e. The third kappa shape index (κ3) is 2.51. The molecule has 1 aromatic rings. The number of anilines is 1. The number of carboxylic acids is 1. The van der Waals surface area contributed by atoms with Gasteiger partial charge in [-0.1, -0.05) is 13.3 Å². The molecule has 0 saturated carbocycles. The molecule has 0 unspecified atom stereocenters. The summed E-state index contributed by atoms with van der Waals surface area (Å²) >= 11 is 1.41. The SMILES string of the molecule is CCCCN1C(=O)CSc2cc(C(=O)O)ccc21. The van der Waals surface area contributed by atoms with Crippen molar-refractivity contribution in [1.29, 1.82) is 0 Å². The molecule has 0 fully saturated rings. The van der Waals surface area contributed by atoms with Crippen LogP contribution >= 0.6 is 11.8 Å². The molecule has 5 heteroatoms. The summed E-state index contributed by atoms with van der Waals surface area (Å²) in [6.07, 6.45) is 1.98. The molecule has 0 radical (unpaired) electrons. The van der Waals surface area contributed by atoms with Gasteiger partial charge in [0.05, 0.1) is 17.0 Å². The Morgan fingerprint density at radius 2 is 2.28 bits per heavy atom. The van der Waals surface area contributed by atoms with Gasteiger partial charge >= 0.3 is 5.97 Å². The molecule has 0 aliphatic carbocycles. The molecule has 1 heterocycles. The fourth-order valence-corrected chi connectivity index (χ4v) is 2.87. The van der Waals surface area contributed by atoms with E-state index in [1.807, 2.05) is 0 Å². The topological polar surface area (TPSA) is 57.6 Å². The van der Waals surface area contributed by atoms with Crippen molar-refractivity contribution in [2.45, 2.75) is 24.7 Å². The molecule has 1 N–H and O–H groups in total. The highest BCUT2D eigenvalue weighted by Crippen LogP contribution is 2.36. The second-order valence-electron chi connectivity index (χ2n) is 4.18. The molecule has 0 saturated heterocycles. The van der Waals surface area contributed by atoms with E-state index in [1.54, 1.807) is 23.1 Å². The van der Waals surface area contributed by atoms with Gasteiger partial charge in [0.25, 0.3) is 0 Å². The van der Waals surface area contributed by atoms with E-state index in [0.29, 0.717) is 12.3 Å². The Balaban J connectivity index is 2.32. The zero-order valence-electron chi connectivity index (χ0n) is 10.2. The number of benzene rings is 1. The van der Waals surface area contributed by atoms with Crippen molar-refractivity contribution in [1.82, 2.24) is 0 Å². The minimum absolute atomic E-state index is 0.101. The van der Waals surface area contributed by atoms with E-state index in [-0.39, 0.29) is 11.5 Å². The summed E-state index contributed by atoms with van der Waals surface area (Å²) in [7, 11) is 0. The van der Waals surface area contributed by atoms with Crippen LogP contribution in [0.3, 0.4) is 0 Å². The Kier molecular flexibility index (Phi) is 3.91. The normalized spacial score (nSPS) is 14.5. The van der Waals surface area contributed by atoms with E-state index in [4.69, 9.17) is 5.11 Å². The predicted molar refractivity (Wildman–Crippen MR) is 71.4 cm³/mol. The van der Waals surface area contributed by atoms with Crippen molar-refractivity contribution in [3.8, 4) is 0 Å². The first-order valence-electron chi connectivity index (χ1n) is 5.94. The summed E-state index contributed by atoms with van der Waals surface area (Å²) in [4.78, 5) is 25.4. The zero-order valence-corrected chi connectivity index (χ0v) is 11.0. The Labute approximate surface area is 110 Å². The minimum atomic E-state index is -0.935. The van der Waals surface area contributed by atoms with Crippen LogP contribution < -0.4 is 4.90 Å². The van der Waals surface area contributed by atoms with Crippen LogP contribution in [-0.4, -0.2) is 29.3 Å². The predicted octanol–water partition coefficient (Wildman–Crippen LogP) is 2.62. The van der Waals surface area contributed by atoms with Gasteiger partial charge in [0.2, 0.25) is 5.91 Å². The number of carboxylic acid groups (broad SMARTS) is 1. The monoisotopic (exact) mass is 265 g/mol. The molecule has 1 aromatic carbocycles. The highest BCUT2D eigenvalue weighted by atomic mass is 32.2. The number of carbonyl (C=O) groups is 2. The van der Waals surface area contributed by atoms with Crippen molar-refractivity contribution < 1.29 is 14.7 Å². The molecule has 0 bridgehead atoms. The van der Waals surface area contributed by atoms with Gasteiger partial charge in [-0.3, -0.25) is 4.79 Å². The molecule has 2 rings (SSSR count). The summed E-state index contributed by atoms with van der Waals surface area (Å²) in [5.41, 5.74) is 1.11. The first-order valence-corrected chi connectivity index (χ1v) is 6.92. The van der Waals surface area contributed by atoms with Crippen molar-refractivity contribution in [2.24, 2.45) is 0 Å². The van der Waals surface area contributed by atoms with Crippen molar-refractivity contribution in [2.75, 3.05) is 17.2 Å². The van der Waals surface area contributed by atoms with E-state index in [2.05, 4.69) is 6.92 Å². The zero-order chi connectivity index (χ0) is 13.1. The fraction of sp³-hybridized carbons (Fsp3) is 0.385. The second kappa shape index (κ2) is 5.44. The average molecular weight is 265 g/mol. The number of nitrogens with zero attached hydrogens (tertiary/aromatic N) is 1. The smallest absolute Gasteiger partial charge is 0.335 e. The van der Waals surface area contributed by atoms with E-state index in [9.17, 15) is 9.59 Å². The van der Waals surface area contributed by atoms with Crippen LogP contribution in [0, 0.1) is 0 Å². The van der Waals surface area contributed by atoms with Gasteiger partial charge in [-0.15, -0.1) is 11.8 Å². The van der Waals surface area contributed by atoms with E-state index in [1.165, 1.54) is 11.8 Å². The number of amides is 1. The maximum Gasteiger partial charge on any atom is 0.335 e. The van der Waals surface area contributed by atoms with Crippen LogP contribution in [0.2, 0.25) is 0 Å². The van der Waals surface area contributed by atoms with Gasteiger partial charge in [0.1, 0.15) is 0 Å². The lowest BCUT2D eigenvalue weighted by atomic mass is 10.1. The van der Waals surface area contributed by atoms with Crippen molar-refractivity contribution >= 4 is 29.3 Å². The van der Waals surface area contributed by atoms with E-state index < -0.39 is 5.97 Å². The van der Waals surface area contributed by atoms with Gasteiger partial charge in [0, 0.05) is 11.4 Å². The number of hydrogen-bond acceptors (Lipinski definition) is 3. The fourth-order valence-electron chi connectivity index (χ4n) is 1.90. The average Bonchev–Trinajstić information content (AvgIpc) is 2.37. The highest BCUT2D eigenvalue weighted by Gasteiger charge is 2.24. The van der Waals surface area contributed by atoms with Crippen LogP contribution in [-0.2, 0) is 4.79 Å². The number of hydrogen-bond donors (Lipinski definition) is 1. The summed E-state index contributed by atoms with van der Waals surface area (Å²) in [5.74, 6) is -0.445. The Hall–Kier alpha value is -1.49. The summed E-state index contributed by atoms with van der Waals surface area (Å²) in [6.45, 7) is 2.78. The maximum atomic E-state index is 11.9. The second-order valence-corrected chi connectivity index (χ2v) is 5.19. The molecule has 4 nitrogen and oxygen atoms in total. The van der Waals surface area contributed by atoms with Crippen molar-refractivity contribution in [3.05, 3.63) is 23.8 Å². The van der Waals surface area contributed by atoms with Crippen LogP contribution in [0.25, 0.3) is 0 Å². The van der Waals surface area contributed by atoms with Gasteiger partial charge in [-0.25, -0.2) is 4.79 Å². The Morgan fingerprint density at radius 1 is 1.50 bits per heavy atom. The molecule has 0 spiro atoms. The van der Waals surface area contributed by atoms with Crippen LogP contribution in [0.1, 0.15) is 30.1 Å². The lowest BCUT2D eigenvalue weighted by Gasteiger charge is -2.29. The first kappa shape index (κ1) is 13.0. The van der Waals surface area contributed by atoms with E-state index in [0.717, 1.165) is 23.4 Å². The summed E-state index contributed by atoms with van der Waals surface area (Å²) in [5, 5.41) is 8.96. The number of carbonyl (C=O) groups excluding carboxylic acids is 1. The van der Waals surface area contributed by atoms with Gasteiger partial charge < -0.3 is 10.0 Å². The number of aromatic carboxylic acids is 1. The molecular formula is C13H15NO3S. The molecule has 0 atom stereocenters. The maximum absolute atomic E-state index is 11.9. The first-order chi connectivity index (χ1) is 8.63. The lowest BCUT2D eigenvalue weighted by Crippen LogP contribution is -2.36. The lowest BCUT2D eigenvalue weighted by molar-refractivity contribution is -0.116. The molecule has 1 aliphatic rings. The molecule has 0 aromatic heterocycles. The number of fused-ring (bicyclic) bond motifs is 1. The number of thioether (sulfide) groups is 1. The van der Waals surface area contributed by atoms with Crippen molar-refractivity contribution in [3.63, 3.8) is 0 Å². The molecular weight excluding hydrogens is 250 g/mol. The summed E-state index contributed by atoms with van der Waals surface area (Å²) < 4.78 is 0. The number of unbranched alkanes of at least 4 members (excludes halogenated alkanes) is 1. The minimum Gasteiger partial charge on any atom is -0.478 e. The quantitative estimate of drug-likeness (QED) is 0.909. The van der Waals surface area contributed by atoms with E-state index >= 15 is 0 Å². The third-order valence-corrected chi connectivity index (χ3v) is 3.91. The standard InChI is InChI=1S/C13H15NO3S/c1-2-3-6-14-10-5-4-9(13(16)17)7-11(10)18-8-12(14)15/h4-5,7H,2-3,6,8H2,1H3,(H,16,17). The Bertz CT molecular complexity index is 487. The third-order valence-electron chi connectivity index (χ3n) is 2.89. The summed E-state index contributed by atoms with van der Waals surface area (Å²) in [6, 6.07) is 4.94. The Morgan fingerprint density at radius 3 is 2.94 bits per heavy atom. The van der Waals surface area contributed by atoms with Gasteiger partial charge in [-0.2, -0.15) is 0 Å². The molecule has 1 amide bonds.